The van der Waals surface area contributed by atoms with E-state index >= 15 is 0 Å². The molecule has 7 nitrogen and oxygen atoms in total. The third kappa shape index (κ3) is 5.52. The van der Waals surface area contributed by atoms with Crippen molar-refractivity contribution in [2.24, 2.45) is 7.05 Å². The van der Waals surface area contributed by atoms with Crippen molar-refractivity contribution >= 4 is 29.3 Å². The van der Waals surface area contributed by atoms with Crippen molar-refractivity contribution < 1.29 is 9.59 Å². The fourth-order valence-electron chi connectivity index (χ4n) is 3.14. The molecule has 0 unspecified atom stereocenters. The zero-order valence-electron chi connectivity index (χ0n) is 18.4. The molecule has 0 aliphatic carbocycles. The topological polar surface area (TPSA) is 88.9 Å². The number of hydrogen-bond acceptors (Lipinski definition) is 5. The zero-order valence-corrected chi connectivity index (χ0v) is 19.2. The Kier molecular flexibility index (Phi) is 7.12. The van der Waals surface area contributed by atoms with Gasteiger partial charge in [-0.3, -0.25) is 9.59 Å². The molecule has 31 heavy (non-hydrogen) atoms. The Balaban J connectivity index is 1.59. The maximum Gasteiger partial charge on any atom is 0.252 e. The number of hydrogen-bond donors (Lipinski definition) is 2. The highest BCUT2D eigenvalue weighted by molar-refractivity contribution is 7.99. The second kappa shape index (κ2) is 9.78. The van der Waals surface area contributed by atoms with Crippen LogP contribution in [0.25, 0.3) is 0 Å². The average Bonchev–Trinajstić information content (AvgIpc) is 3.10. The SMILES string of the molecule is Cc1ccc(NC(=O)CSc2nnc([C@H](C)NC(=O)c3ccccc3C)n2C)cc1C. The van der Waals surface area contributed by atoms with Crippen LogP contribution in [0.15, 0.2) is 47.6 Å². The normalized spacial score (nSPS) is 11.8. The number of rotatable bonds is 7. The number of thioether (sulfide) groups is 1. The van der Waals surface area contributed by atoms with E-state index in [1.807, 2.05) is 71.1 Å². The molecule has 2 aromatic carbocycles. The summed E-state index contributed by atoms with van der Waals surface area (Å²) in [7, 11) is 1.83. The Morgan fingerprint density at radius 3 is 2.48 bits per heavy atom. The predicted molar refractivity (Wildman–Crippen MR) is 123 cm³/mol. The molecule has 2 amide bonds. The van der Waals surface area contributed by atoms with E-state index < -0.39 is 0 Å². The van der Waals surface area contributed by atoms with Crippen molar-refractivity contribution in [1.29, 1.82) is 0 Å². The molecule has 0 saturated carbocycles. The zero-order chi connectivity index (χ0) is 22.5. The predicted octanol–water partition coefficient (Wildman–Crippen LogP) is 3.96. The second-order valence-corrected chi connectivity index (χ2v) is 8.49. The molecule has 0 bridgehead atoms. The molecule has 0 aliphatic rings. The fraction of sp³-hybridized carbons (Fsp3) is 0.304. The maximum atomic E-state index is 12.6. The van der Waals surface area contributed by atoms with E-state index in [0.717, 1.165) is 16.8 Å². The van der Waals surface area contributed by atoms with Crippen LogP contribution in [0.2, 0.25) is 0 Å². The number of carbonyl (C=O) groups is 2. The molecule has 8 heteroatoms. The molecule has 0 fully saturated rings. The van der Waals surface area contributed by atoms with Crippen LogP contribution in [0.5, 0.6) is 0 Å². The molecule has 3 aromatic rings. The van der Waals surface area contributed by atoms with Crippen molar-refractivity contribution in [1.82, 2.24) is 20.1 Å². The first-order valence-electron chi connectivity index (χ1n) is 10.0. The molecule has 1 aromatic heterocycles. The highest BCUT2D eigenvalue weighted by Gasteiger charge is 2.19. The summed E-state index contributed by atoms with van der Waals surface area (Å²) < 4.78 is 1.80. The largest absolute Gasteiger partial charge is 0.342 e. The van der Waals surface area contributed by atoms with Crippen molar-refractivity contribution in [2.45, 2.75) is 38.9 Å². The molecule has 0 saturated heterocycles. The lowest BCUT2D eigenvalue weighted by Gasteiger charge is -2.14. The molecule has 0 radical (unpaired) electrons. The van der Waals surface area contributed by atoms with Gasteiger partial charge < -0.3 is 15.2 Å². The number of amides is 2. The van der Waals surface area contributed by atoms with Crippen molar-refractivity contribution in [2.75, 3.05) is 11.1 Å². The van der Waals surface area contributed by atoms with E-state index in [2.05, 4.69) is 20.8 Å². The summed E-state index contributed by atoms with van der Waals surface area (Å²) in [6.45, 7) is 7.81. The number of nitrogens with zero attached hydrogens (tertiary/aromatic N) is 3. The van der Waals surface area contributed by atoms with E-state index in [0.29, 0.717) is 16.5 Å². The smallest absolute Gasteiger partial charge is 0.252 e. The van der Waals surface area contributed by atoms with Gasteiger partial charge in [-0.25, -0.2) is 0 Å². The highest BCUT2D eigenvalue weighted by Crippen LogP contribution is 2.21. The van der Waals surface area contributed by atoms with Crippen molar-refractivity contribution in [3.8, 4) is 0 Å². The number of nitrogens with one attached hydrogen (secondary N) is 2. The summed E-state index contributed by atoms with van der Waals surface area (Å²) in [5, 5.41) is 14.9. The minimum Gasteiger partial charge on any atom is -0.342 e. The lowest BCUT2D eigenvalue weighted by Crippen LogP contribution is -2.29. The summed E-state index contributed by atoms with van der Waals surface area (Å²) in [6.07, 6.45) is 0. The first kappa shape index (κ1) is 22.6. The fourth-order valence-corrected chi connectivity index (χ4v) is 3.86. The third-order valence-electron chi connectivity index (χ3n) is 5.12. The van der Waals surface area contributed by atoms with Gasteiger partial charge in [0.25, 0.3) is 5.91 Å². The van der Waals surface area contributed by atoms with E-state index in [9.17, 15) is 9.59 Å². The van der Waals surface area contributed by atoms with Gasteiger partial charge in [0.2, 0.25) is 5.91 Å². The number of benzene rings is 2. The van der Waals surface area contributed by atoms with Crippen LogP contribution >= 0.6 is 11.8 Å². The van der Waals surface area contributed by atoms with E-state index in [1.54, 1.807) is 10.6 Å². The van der Waals surface area contributed by atoms with Gasteiger partial charge in [-0.1, -0.05) is 36.0 Å². The molecular formula is C23H27N5O2S. The lowest BCUT2D eigenvalue weighted by atomic mass is 10.1. The summed E-state index contributed by atoms with van der Waals surface area (Å²) in [4.78, 5) is 24.9. The number of carbonyl (C=O) groups excluding carboxylic acids is 2. The quantitative estimate of drug-likeness (QED) is 0.546. The highest BCUT2D eigenvalue weighted by atomic mass is 32.2. The van der Waals surface area contributed by atoms with Gasteiger partial charge in [0, 0.05) is 18.3 Å². The summed E-state index contributed by atoms with van der Waals surface area (Å²) in [5.74, 6) is 0.566. The van der Waals surface area contributed by atoms with Crippen LogP contribution in [0.4, 0.5) is 5.69 Å². The Labute approximate surface area is 186 Å². The van der Waals surface area contributed by atoms with E-state index in [-0.39, 0.29) is 23.6 Å². The molecule has 2 N–H and O–H groups in total. The van der Waals surface area contributed by atoms with E-state index in [1.165, 1.54) is 17.3 Å². The van der Waals surface area contributed by atoms with Gasteiger partial charge in [0.15, 0.2) is 11.0 Å². The van der Waals surface area contributed by atoms with Crippen LogP contribution in [0.3, 0.4) is 0 Å². The minimum absolute atomic E-state index is 0.112. The third-order valence-corrected chi connectivity index (χ3v) is 6.14. The van der Waals surface area contributed by atoms with Crippen molar-refractivity contribution in [3.05, 3.63) is 70.5 Å². The monoisotopic (exact) mass is 437 g/mol. The second-order valence-electron chi connectivity index (χ2n) is 7.55. The number of aromatic nitrogens is 3. The average molecular weight is 438 g/mol. The van der Waals surface area contributed by atoms with Gasteiger partial charge in [-0.2, -0.15) is 0 Å². The molecule has 0 aliphatic heterocycles. The van der Waals surface area contributed by atoms with Crippen LogP contribution in [0.1, 0.15) is 45.8 Å². The number of aryl methyl sites for hydroxylation is 3. The van der Waals surface area contributed by atoms with Crippen molar-refractivity contribution in [3.63, 3.8) is 0 Å². The van der Waals surface area contributed by atoms with Crippen LogP contribution in [-0.2, 0) is 11.8 Å². The number of anilines is 1. The summed E-state index contributed by atoms with van der Waals surface area (Å²) >= 11 is 1.30. The van der Waals surface area contributed by atoms with Gasteiger partial charge in [-0.15, -0.1) is 10.2 Å². The van der Waals surface area contributed by atoms with Gasteiger partial charge in [0.05, 0.1) is 11.8 Å². The standard InChI is InChI=1S/C23H27N5O2S/c1-14-10-11-18(12-16(14)3)25-20(29)13-31-23-27-26-21(28(23)5)17(4)24-22(30)19-9-7-6-8-15(19)2/h6-12,17H,13H2,1-5H3,(H,24,30)(H,25,29)/t17-/m0/s1. The van der Waals surface area contributed by atoms with Crippen LogP contribution in [-0.4, -0.2) is 32.3 Å². The first-order chi connectivity index (χ1) is 14.8. The molecular weight excluding hydrogens is 410 g/mol. The summed E-state index contributed by atoms with van der Waals surface area (Å²) in [6, 6.07) is 12.9. The molecule has 3 rings (SSSR count). The van der Waals surface area contributed by atoms with Crippen LogP contribution < -0.4 is 10.6 Å². The lowest BCUT2D eigenvalue weighted by molar-refractivity contribution is -0.113. The van der Waals surface area contributed by atoms with E-state index in [4.69, 9.17) is 0 Å². The van der Waals surface area contributed by atoms with Gasteiger partial charge in [0.1, 0.15) is 0 Å². The first-order valence-corrected chi connectivity index (χ1v) is 11.0. The maximum absolute atomic E-state index is 12.6. The minimum atomic E-state index is -0.330. The van der Waals surface area contributed by atoms with Gasteiger partial charge >= 0.3 is 0 Å². The molecule has 0 spiro atoms. The van der Waals surface area contributed by atoms with Gasteiger partial charge in [-0.05, 0) is 62.6 Å². The summed E-state index contributed by atoms with van der Waals surface area (Å²) in [5.41, 5.74) is 4.64. The van der Waals surface area contributed by atoms with Crippen LogP contribution in [0, 0.1) is 20.8 Å². The Morgan fingerprint density at radius 2 is 1.77 bits per heavy atom. The Morgan fingerprint density at radius 1 is 1.03 bits per heavy atom. The molecule has 1 heterocycles. The molecule has 162 valence electrons. The molecule has 1 atom stereocenters. The Hall–Kier alpha value is -3.13. The Bertz CT molecular complexity index is 1110.